The van der Waals surface area contributed by atoms with E-state index >= 15 is 0 Å². The number of ether oxygens (including phenoxy) is 1. The number of aryl methyl sites for hydroxylation is 2. The van der Waals surface area contributed by atoms with Gasteiger partial charge in [0.2, 0.25) is 0 Å². The summed E-state index contributed by atoms with van der Waals surface area (Å²) in [5.74, 6) is -1.07. The van der Waals surface area contributed by atoms with Crippen molar-refractivity contribution in [3.05, 3.63) is 17.5 Å². The van der Waals surface area contributed by atoms with Crippen LogP contribution in [0.25, 0.3) is 11.0 Å². The molecule has 19 heavy (non-hydrogen) atoms. The quantitative estimate of drug-likeness (QED) is 0.782. The van der Waals surface area contributed by atoms with Gasteiger partial charge < -0.3 is 15.6 Å². The van der Waals surface area contributed by atoms with Gasteiger partial charge in [-0.15, -0.1) is 0 Å². The average Bonchev–Trinajstić information content (AvgIpc) is 2.72. The predicted octanol–water partition coefficient (Wildman–Crippen LogP) is 1.06. The molecule has 102 valence electrons. The Hall–Kier alpha value is -2.15. The largest absolute Gasteiger partial charge is 0.478 e. The molecule has 0 amide bonds. The molecule has 2 heterocycles. The zero-order valence-corrected chi connectivity index (χ0v) is 10.9. The number of fused-ring (bicyclic) bond motifs is 1. The van der Waals surface area contributed by atoms with Crippen LogP contribution < -0.4 is 5.73 Å². The molecule has 0 aromatic carbocycles. The minimum atomic E-state index is -1.07. The lowest BCUT2D eigenvalue weighted by Crippen LogP contribution is -2.09. The smallest absolute Gasteiger partial charge is 0.339 e. The highest BCUT2D eigenvalue weighted by atomic mass is 16.5. The Labute approximate surface area is 110 Å². The van der Waals surface area contributed by atoms with Crippen molar-refractivity contribution in [2.45, 2.75) is 19.9 Å². The molecular weight excluding hydrogens is 248 g/mol. The third kappa shape index (κ3) is 2.37. The lowest BCUT2D eigenvalue weighted by atomic mass is 10.1. The van der Waals surface area contributed by atoms with Gasteiger partial charge in [0, 0.05) is 20.3 Å². The first kappa shape index (κ1) is 13.3. The zero-order valence-electron chi connectivity index (χ0n) is 10.9. The maximum absolute atomic E-state index is 11.1. The maximum Gasteiger partial charge on any atom is 0.339 e. The zero-order chi connectivity index (χ0) is 14.0. The summed E-state index contributed by atoms with van der Waals surface area (Å²) in [4.78, 5) is 15.4. The fourth-order valence-corrected chi connectivity index (χ4v) is 2.02. The van der Waals surface area contributed by atoms with E-state index in [1.807, 2.05) is 0 Å². The second kappa shape index (κ2) is 5.23. The number of aromatic nitrogens is 3. The van der Waals surface area contributed by atoms with Crippen molar-refractivity contribution in [1.29, 1.82) is 0 Å². The number of hydrogen-bond donors (Lipinski definition) is 2. The number of pyridine rings is 1. The molecule has 0 unspecified atom stereocenters. The number of nitrogens with two attached hydrogens (primary N) is 1. The number of hydrogen-bond acceptors (Lipinski definition) is 5. The summed E-state index contributed by atoms with van der Waals surface area (Å²) < 4.78 is 6.70. The average molecular weight is 264 g/mol. The van der Waals surface area contributed by atoms with Gasteiger partial charge in [0.05, 0.1) is 23.0 Å². The van der Waals surface area contributed by atoms with Crippen LogP contribution >= 0.6 is 0 Å². The summed E-state index contributed by atoms with van der Waals surface area (Å²) in [5, 5.41) is 13.9. The van der Waals surface area contributed by atoms with Gasteiger partial charge in [0.15, 0.2) is 5.65 Å². The molecule has 0 spiro atoms. The lowest BCUT2D eigenvalue weighted by molar-refractivity contribution is 0.0697. The molecule has 7 heteroatoms. The normalized spacial score (nSPS) is 11.1. The molecule has 0 saturated carbocycles. The summed E-state index contributed by atoms with van der Waals surface area (Å²) in [5.41, 5.74) is 7.15. The third-order valence-corrected chi connectivity index (χ3v) is 2.94. The van der Waals surface area contributed by atoms with Gasteiger partial charge in [-0.2, -0.15) is 5.10 Å². The Kier molecular flexibility index (Phi) is 3.66. The van der Waals surface area contributed by atoms with Crippen LogP contribution in [-0.2, 0) is 11.3 Å². The standard InChI is InChI=1S/C12H16N4O3/c1-7-9(12(17)18)10(13)8-6-14-16(11(8)15-7)4-3-5-19-2/h6H,3-5H2,1-2H3,(H2,13,15)(H,17,18). The van der Waals surface area contributed by atoms with E-state index in [2.05, 4.69) is 10.1 Å². The van der Waals surface area contributed by atoms with Crippen molar-refractivity contribution in [2.75, 3.05) is 19.5 Å². The van der Waals surface area contributed by atoms with Crippen molar-refractivity contribution in [3.63, 3.8) is 0 Å². The van der Waals surface area contributed by atoms with E-state index in [1.54, 1.807) is 24.9 Å². The first-order chi connectivity index (χ1) is 9.06. The van der Waals surface area contributed by atoms with Crippen LogP contribution in [0.5, 0.6) is 0 Å². The van der Waals surface area contributed by atoms with Gasteiger partial charge >= 0.3 is 5.97 Å². The Balaban J connectivity index is 2.47. The first-order valence-corrected chi connectivity index (χ1v) is 5.90. The van der Waals surface area contributed by atoms with Crippen molar-refractivity contribution in [3.8, 4) is 0 Å². The number of nitrogen functional groups attached to an aromatic ring is 1. The van der Waals surface area contributed by atoms with E-state index in [0.717, 1.165) is 6.42 Å². The highest BCUT2D eigenvalue weighted by molar-refractivity contribution is 6.03. The maximum atomic E-state index is 11.1. The number of rotatable bonds is 5. The van der Waals surface area contributed by atoms with Gasteiger partial charge in [-0.25, -0.2) is 14.5 Å². The molecule has 0 aliphatic heterocycles. The minimum Gasteiger partial charge on any atom is -0.478 e. The van der Waals surface area contributed by atoms with Gasteiger partial charge in [-0.05, 0) is 13.3 Å². The van der Waals surface area contributed by atoms with E-state index in [0.29, 0.717) is 29.9 Å². The molecule has 0 aliphatic carbocycles. The third-order valence-electron chi connectivity index (χ3n) is 2.94. The van der Waals surface area contributed by atoms with Crippen LogP contribution in [-0.4, -0.2) is 39.6 Å². The SMILES string of the molecule is COCCCn1ncc2c(N)c(C(=O)O)c(C)nc21. The fourth-order valence-electron chi connectivity index (χ4n) is 2.02. The summed E-state index contributed by atoms with van der Waals surface area (Å²) in [6.45, 7) is 2.91. The van der Waals surface area contributed by atoms with E-state index in [1.165, 1.54) is 0 Å². The van der Waals surface area contributed by atoms with Crippen molar-refractivity contribution in [2.24, 2.45) is 0 Å². The summed E-state index contributed by atoms with van der Waals surface area (Å²) >= 11 is 0. The summed E-state index contributed by atoms with van der Waals surface area (Å²) in [7, 11) is 1.64. The molecule has 2 rings (SSSR count). The van der Waals surface area contributed by atoms with E-state index in [4.69, 9.17) is 15.6 Å². The molecule has 3 N–H and O–H groups in total. The topological polar surface area (TPSA) is 103 Å². The van der Waals surface area contributed by atoms with E-state index in [9.17, 15) is 4.79 Å². The van der Waals surface area contributed by atoms with Crippen molar-refractivity contribution in [1.82, 2.24) is 14.8 Å². The van der Waals surface area contributed by atoms with Crippen LogP contribution in [0, 0.1) is 6.92 Å². The molecule has 0 bridgehead atoms. The first-order valence-electron chi connectivity index (χ1n) is 5.90. The molecule has 7 nitrogen and oxygen atoms in total. The summed E-state index contributed by atoms with van der Waals surface area (Å²) in [6.07, 6.45) is 2.35. The Morgan fingerprint density at radius 1 is 1.58 bits per heavy atom. The monoisotopic (exact) mass is 264 g/mol. The molecule has 0 atom stereocenters. The molecular formula is C12H16N4O3. The molecule has 0 fully saturated rings. The van der Waals surface area contributed by atoms with Crippen LogP contribution in [0.15, 0.2) is 6.20 Å². The van der Waals surface area contributed by atoms with Crippen LogP contribution in [0.1, 0.15) is 22.5 Å². The second-order valence-corrected chi connectivity index (χ2v) is 4.24. The van der Waals surface area contributed by atoms with Crippen LogP contribution in [0.4, 0.5) is 5.69 Å². The molecule has 2 aromatic rings. The van der Waals surface area contributed by atoms with Gasteiger partial charge in [-0.1, -0.05) is 0 Å². The highest BCUT2D eigenvalue weighted by Gasteiger charge is 2.18. The predicted molar refractivity (Wildman–Crippen MR) is 70.1 cm³/mol. The second-order valence-electron chi connectivity index (χ2n) is 4.24. The number of carboxylic acids is 1. The van der Waals surface area contributed by atoms with E-state index in [-0.39, 0.29) is 11.3 Å². The number of carboxylic acid groups (broad SMARTS) is 1. The molecule has 0 saturated heterocycles. The Morgan fingerprint density at radius 3 is 2.95 bits per heavy atom. The van der Waals surface area contributed by atoms with E-state index < -0.39 is 5.97 Å². The number of methoxy groups -OCH3 is 1. The molecule has 0 aliphatic rings. The molecule has 2 aromatic heterocycles. The summed E-state index contributed by atoms with van der Waals surface area (Å²) in [6, 6.07) is 0. The van der Waals surface area contributed by atoms with Crippen LogP contribution in [0.2, 0.25) is 0 Å². The Morgan fingerprint density at radius 2 is 2.32 bits per heavy atom. The lowest BCUT2D eigenvalue weighted by Gasteiger charge is -2.07. The van der Waals surface area contributed by atoms with Gasteiger partial charge in [0.1, 0.15) is 5.56 Å². The molecule has 0 radical (unpaired) electrons. The number of nitrogens with zero attached hydrogens (tertiary/aromatic N) is 3. The Bertz CT molecular complexity index is 621. The minimum absolute atomic E-state index is 0.0453. The number of anilines is 1. The fraction of sp³-hybridized carbons (Fsp3) is 0.417. The van der Waals surface area contributed by atoms with Gasteiger partial charge in [-0.3, -0.25) is 0 Å². The van der Waals surface area contributed by atoms with Gasteiger partial charge in [0.25, 0.3) is 0 Å². The van der Waals surface area contributed by atoms with Crippen molar-refractivity contribution >= 4 is 22.7 Å². The van der Waals surface area contributed by atoms with Crippen LogP contribution in [0.3, 0.4) is 0 Å². The number of carbonyl (C=O) groups is 1. The number of aromatic carboxylic acids is 1. The highest BCUT2D eigenvalue weighted by Crippen LogP contribution is 2.25. The van der Waals surface area contributed by atoms with Crippen molar-refractivity contribution < 1.29 is 14.6 Å².